The predicted molar refractivity (Wildman–Crippen MR) is 107 cm³/mol. The van der Waals surface area contributed by atoms with Crippen molar-refractivity contribution in [2.45, 2.75) is 18.2 Å². The number of carbonyl (C=O) groups excluding carboxylic acids is 1. The Labute approximate surface area is 167 Å². The molecule has 6 nitrogen and oxygen atoms in total. The molecule has 1 aliphatic heterocycles. The van der Waals surface area contributed by atoms with Crippen molar-refractivity contribution < 1.29 is 17.9 Å². The highest BCUT2D eigenvalue weighted by Crippen LogP contribution is 2.27. The Hall–Kier alpha value is -1.90. The van der Waals surface area contributed by atoms with Gasteiger partial charge in [0.2, 0.25) is 15.9 Å². The maximum Gasteiger partial charge on any atom is 0.240 e. The molecule has 2 aromatic carbocycles. The number of benzene rings is 2. The van der Waals surface area contributed by atoms with Gasteiger partial charge in [-0.15, -0.1) is 0 Å². The molecular formula is C19H21BrN2O4S. The fraction of sp³-hybridized carbons (Fsp3) is 0.316. The smallest absolute Gasteiger partial charge is 0.240 e. The van der Waals surface area contributed by atoms with Crippen LogP contribution in [0.4, 0.5) is 5.69 Å². The summed E-state index contributed by atoms with van der Waals surface area (Å²) in [4.78, 5) is 14.2. The summed E-state index contributed by atoms with van der Waals surface area (Å²) < 4.78 is 33.6. The minimum atomic E-state index is -3.59. The molecule has 1 fully saturated rings. The number of halogens is 1. The minimum absolute atomic E-state index is 0.00741. The van der Waals surface area contributed by atoms with E-state index in [1.54, 1.807) is 29.2 Å². The first-order valence-corrected chi connectivity index (χ1v) is 10.9. The Balaban J connectivity index is 1.61. The molecule has 0 bridgehead atoms. The zero-order valence-electron chi connectivity index (χ0n) is 14.9. The van der Waals surface area contributed by atoms with Crippen LogP contribution in [0, 0.1) is 5.92 Å². The molecule has 2 aromatic rings. The van der Waals surface area contributed by atoms with Gasteiger partial charge in [0.05, 0.1) is 11.5 Å². The van der Waals surface area contributed by atoms with Crippen molar-refractivity contribution in [1.29, 1.82) is 0 Å². The lowest BCUT2D eigenvalue weighted by Crippen LogP contribution is -2.31. The van der Waals surface area contributed by atoms with Gasteiger partial charge in [0.1, 0.15) is 5.75 Å². The molecule has 1 N–H and O–H groups in total. The topological polar surface area (TPSA) is 75.7 Å². The van der Waals surface area contributed by atoms with Gasteiger partial charge in [0, 0.05) is 29.7 Å². The Morgan fingerprint density at radius 1 is 1.15 bits per heavy atom. The Morgan fingerprint density at radius 3 is 2.44 bits per heavy atom. The standard InChI is InChI=1S/C19H21BrN2O4S/c1-2-26-17-7-5-16(6-8-17)22-13-14(11-19(22)23)12-21-27(24,25)18-9-3-15(20)4-10-18/h3-10,14,21H,2,11-13H2,1H3/t14-/m0/s1. The summed E-state index contributed by atoms with van der Waals surface area (Å²) in [7, 11) is -3.59. The molecule has 1 heterocycles. The normalized spacial score (nSPS) is 17.3. The van der Waals surface area contributed by atoms with Gasteiger partial charge in [-0.25, -0.2) is 13.1 Å². The van der Waals surface area contributed by atoms with E-state index < -0.39 is 10.0 Å². The molecule has 1 aliphatic rings. The van der Waals surface area contributed by atoms with Crippen LogP contribution < -0.4 is 14.4 Å². The van der Waals surface area contributed by atoms with Gasteiger partial charge in [-0.1, -0.05) is 15.9 Å². The number of hydrogen-bond donors (Lipinski definition) is 1. The van der Waals surface area contributed by atoms with Gasteiger partial charge >= 0.3 is 0 Å². The molecule has 0 spiro atoms. The van der Waals surface area contributed by atoms with E-state index in [4.69, 9.17) is 4.74 Å². The van der Waals surface area contributed by atoms with Crippen LogP contribution in [0.2, 0.25) is 0 Å². The number of ether oxygens (including phenoxy) is 1. The summed E-state index contributed by atoms with van der Waals surface area (Å²) in [6.07, 6.45) is 0.316. The predicted octanol–water partition coefficient (Wildman–Crippen LogP) is 3.18. The van der Waals surface area contributed by atoms with Gasteiger partial charge < -0.3 is 9.64 Å². The molecule has 27 heavy (non-hydrogen) atoms. The van der Waals surface area contributed by atoms with Gasteiger partial charge in [0.15, 0.2) is 0 Å². The Bertz CT molecular complexity index is 898. The van der Waals surface area contributed by atoms with E-state index in [-0.39, 0.29) is 23.3 Å². The first kappa shape index (κ1) is 19.9. The van der Waals surface area contributed by atoms with Gasteiger partial charge in [0.25, 0.3) is 0 Å². The molecule has 1 amide bonds. The summed E-state index contributed by atoms with van der Waals surface area (Å²) in [6, 6.07) is 13.8. The number of sulfonamides is 1. The third-order valence-electron chi connectivity index (χ3n) is 4.35. The van der Waals surface area contributed by atoms with E-state index in [0.29, 0.717) is 19.6 Å². The van der Waals surface area contributed by atoms with E-state index in [1.807, 2.05) is 31.2 Å². The van der Waals surface area contributed by atoms with Crippen LogP contribution in [-0.4, -0.2) is 34.0 Å². The quantitative estimate of drug-likeness (QED) is 0.699. The van der Waals surface area contributed by atoms with E-state index in [0.717, 1.165) is 15.9 Å². The highest BCUT2D eigenvalue weighted by atomic mass is 79.9. The van der Waals surface area contributed by atoms with Crippen molar-refractivity contribution in [2.75, 3.05) is 24.6 Å². The highest BCUT2D eigenvalue weighted by molar-refractivity contribution is 9.10. The van der Waals surface area contributed by atoms with E-state index >= 15 is 0 Å². The van der Waals surface area contributed by atoms with Crippen molar-refractivity contribution in [2.24, 2.45) is 5.92 Å². The van der Waals surface area contributed by atoms with E-state index in [1.165, 1.54) is 0 Å². The number of rotatable bonds is 7. The number of nitrogens with one attached hydrogen (secondary N) is 1. The number of amides is 1. The van der Waals surface area contributed by atoms with Crippen LogP contribution in [0.15, 0.2) is 57.9 Å². The van der Waals surface area contributed by atoms with Crippen molar-refractivity contribution >= 4 is 37.5 Å². The van der Waals surface area contributed by atoms with Gasteiger partial charge in [-0.3, -0.25) is 4.79 Å². The van der Waals surface area contributed by atoms with Crippen LogP contribution in [-0.2, 0) is 14.8 Å². The average molecular weight is 453 g/mol. The lowest BCUT2D eigenvalue weighted by atomic mass is 10.1. The molecule has 144 valence electrons. The summed E-state index contributed by atoms with van der Waals surface area (Å²) in [5, 5.41) is 0. The molecule has 1 saturated heterocycles. The van der Waals surface area contributed by atoms with Crippen LogP contribution in [0.3, 0.4) is 0 Å². The largest absolute Gasteiger partial charge is 0.494 e. The zero-order chi connectivity index (χ0) is 19.4. The summed E-state index contributed by atoms with van der Waals surface area (Å²) >= 11 is 3.29. The molecule has 0 aliphatic carbocycles. The first-order valence-electron chi connectivity index (χ1n) is 8.67. The van der Waals surface area contributed by atoms with Crippen molar-refractivity contribution in [1.82, 2.24) is 4.72 Å². The van der Waals surface area contributed by atoms with Crippen LogP contribution >= 0.6 is 15.9 Å². The fourth-order valence-electron chi connectivity index (χ4n) is 2.98. The lowest BCUT2D eigenvalue weighted by Gasteiger charge is -2.17. The summed E-state index contributed by atoms with van der Waals surface area (Å²) in [6.45, 7) is 3.20. The number of carbonyl (C=O) groups is 1. The summed E-state index contributed by atoms with van der Waals surface area (Å²) in [5.41, 5.74) is 0.793. The van der Waals surface area contributed by atoms with Crippen LogP contribution in [0.1, 0.15) is 13.3 Å². The van der Waals surface area contributed by atoms with Gasteiger partial charge in [-0.05, 0) is 61.4 Å². The molecule has 8 heteroatoms. The maximum atomic E-state index is 12.4. The second-order valence-corrected chi connectivity index (χ2v) is 8.99. The molecule has 0 radical (unpaired) electrons. The second-order valence-electron chi connectivity index (χ2n) is 6.31. The van der Waals surface area contributed by atoms with Crippen molar-refractivity contribution in [3.05, 3.63) is 53.0 Å². The van der Waals surface area contributed by atoms with Crippen molar-refractivity contribution in [3.63, 3.8) is 0 Å². The summed E-state index contributed by atoms with van der Waals surface area (Å²) in [5.74, 6) is 0.674. The Morgan fingerprint density at radius 2 is 1.81 bits per heavy atom. The maximum absolute atomic E-state index is 12.4. The number of anilines is 1. The molecule has 3 rings (SSSR count). The SMILES string of the molecule is CCOc1ccc(N2C[C@H](CNS(=O)(=O)c3ccc(Br)cc3)CC2=O)cc1. The molecule has 0 aromatic heterocycles. The molecule has 1 atom stereocenters. The monoisotopic (exact) mass is 452 g/mol. The third-order valence-corrected chi connectivity index (χ3v) is 6.32. The van der Waals surface area contributed by atoms with Gasteiger partial charge in [-0.2, -0.15) is 0 Å². The number of hydrogen-bond acceptors (Lipinski definition) is 4. The van der Waals surface area contributed by atoms with E-state index in [2.05, 4.69) is 20.7 Å². The van der Waals surface area contributed by atoms with Crippen LogP contribution in [0.25, 0.3) is 0 Å². The third kappa shape index (κ3) is 4.88. The highest BCUT2D eigenvalue weighted by Gasteiger charge is 2.31. The molecule has 0 unspecified atom stereocenters. The Kier molecular flexibility index (Phi) is 6.18. The van der Waals surface area contributed by atoms with Crippen LogP contribution in [0.5, 0.6) is 5.75 Å². The van der Waals surface area contributed by atoms with E-state index in [9.17, 15) is 13.2 Å². The first-order chi connectivity index (χ1) is 12.9. The molecule has 0 saturated carbocycles. The minimum Gasteiger partial charge on any atom is -0.494 e. The zero-order valence-corrected chi connectivity index (χ0v) is 17.3. The average Bonchev–Trinajstić information content (AvgIpc) is 3.02. The second kappa shape index (κ2) is 8.41. The lowest BCUT2D eigenvalue weighted by molar-refractivity contribution is -0.117. The van der Waals surface area contributed by atoms with Crippen molar-refractivity contribution in [3.8, 4) is 5.75 Å². The fourth-order valence-corrected chi connectivity index (χ4v) is 4.36. The molecular weight excluding hydrogens is 432 g/mol. The number of nitrogens with zero attached hydrogens (tertiary/aromatic N) is 1.